The number of benzene rings is 1. The molecule has 0 saturated carbocycles. The summed E-state index contributed by atoms with van der Waals surface area (Å²) in [7, 11) is 0. The number of nitrogens with zero attached hydrogens (tertiary/aromatic N) is 1. The van der Waals surface area contributed by atoms with Crippen molar-refractivity contribution in [3.05, 3.63) is 56.4 Å². The van der Waals surface area contributed by atoms with Crippen LogP contribution in [0.4, 0.5) is 0 Å². The highest BCUT2D eigenvalue weighted by Gasteiger charge is 2.06. The van der Waals surface area contributed by atoms with Gasteiger partial charge in [0.25, 0.3) is 5.56 Å². The van der Waals surface area contributed by atoms with Crippen molar-refractivity contribution in [2.75, 3.05) is 5.75 Å². The lowest BCUT2D eigenvalue weighted by atomic mass is 10.2. The number of amides is 1. The Morgan fingerprint density at radius 1 is 1.33 bits per heavy atom. The molecule has 5 nitrogen and oxygen atoms in total. The Hall–Kier alpha value is -1.50. The highest BCUT2D eigenvalue weighted by atomic mass is 35.5. The highest BCUT2D eigenvalue weighted by Crippen LogP contribution is 2.20. The van der Waals surface area contributed by atoms with Gasteiger partial charge in [0, 0.05) is 28.9 Å². The molecular weight excluding hydrogens is 333 g/mol. The minimum atomic E-state index is -0.249. The number of thioether (sulfide) groups is 1. The molecule has 1 amide bonds. The minimum Gasteiger partial charge on any atom is -0.351 e. The molecule has 2 N–H and O–H groups in total. The van der Waals surface area contributed by atoms with Crippen LogP contribution in [0.25, 0.3) is 0 Å². The Balaban J connectivity index is 1.83. The molecule has 0 aliphatic rings. The van der Waals surface area contributed by atoms with E-state index in [1.807, 2.05) is 0 Å². The van der Waals surface area contributed by atoms with Crippen LogP contribution in [-0.2, 0) is 11.3 Å². The Labute approximate surface area is 135 Å². The summed E-state index contributed by atoms with van der Waals surface area (Å²) < 4.78 is 0. The summed E-state index contributed by atoms with van der Waals surface area (Å²) >= 11 is 13.0. The van der Waals surface area contributed by atoms with Crippen LogP contribution in [-0.4, -0.2) is 21.6 Å². The van der Waals surface area contributed by atoms with Crippen LogP contribution >= 0.6 is 35.0 Å². The van der Waals surface area contributed by atoms with Crippen molar-refractivity contribution in [1.29, 1.82) is 0 Å². The standard InChI is InChI=1S/C13H11Cl2N3O2S/c14-9-2-1-8(10(15)5-9)6-17-12(20)7-21-13-16-4-3-11(19)18-13/h1-5H,6-7H2,(H,17,20)(H,16,18,19). The molecule has 0 radical (unpaired) electrons. The largest absolute Gasteiger partial charge is 0.351 e. The van der Waals surface area contributed by atoms with Crippen molar-refractivity contribution in [3.63, 3.8) is 0 Å². The molecule has 2 aromatic rings. The maximum atomic E-state index is 11.7. The first-order valence-electron chi connectivity index (χ1n) is 5.93. The number of carbonyl (C=O) groups excluding carboxylic acids is 1. The van der Waals surface area contributed by atoms with Crippen LogP contribution in [0, 0.1) is 0 Å². The van der Waals surface area contributed by atoms with Gasteiger partial charge in [-0.1, -0.05) is 41.0 Å². The Morgan fingerprint density at radius 3 is 2.86 bits per heavy atom. The van der Waals surface area contributed by atoms with E-state index in [0.717, 1.165) is 17.3 Å². The minimum absolute atomic E-state index is 0.151. The van der Waals surface area contributed by atoms with Gasteiger partial charge < -0.3 is 10.3 Å². The van der Waals surface area contributed by atoms with Gasteiger partial charge in [-0.15, -0.1) is 0 Å². The lowest BCUT2D eigenvalue weighted by molar-refractivity contribution is -0.118. The Bertz CT molecular complexity index is 706. The third kappa shape index (κ3) is 5.08. The summed E-state index contributed by atoms with van der Waals surface area (Å²) in [5.74, 6) is -0.0319. The van der Waals surface area contributed by atoms with E-state index < -0.39 is 0 Å². The maximum absolute atomic E-state index is 11.7. The van der Waals surface area contributed by atoms with Gasteiger partial charge in [0.2, 0.25) is 5.91 Å². The van der Waals surface area contributed by atoms with Crippen LogP contribution in [0.1, 0.15) is 5.56 Å². The first-order chi connectivity index (χ1) is 10.0. The summed E-state index contributed by atoms with van der Waals surface area (Å²) in [5, 5.41) is 4.19. The fourth-order valence-corrected chi connectivity index (χ4v) is 2.62. The molecule has 2 rings (SSSR count). The van der Waals surface area contributed by atoms with Gasteiger partial charge in [0.05, 0.1) is 5.75 Å². The predicted octanol–water partition coefficient (Wildman–Crippen LogP) is 2.49. The molecule has 0 fully saturated rings. The summed E-state index contributed by atoms with van der Waals surface area (Å²) in [6, 6.07) is 6.40. The number of nitrogens with one attached hydrogen (secondary N) is 2. The van der Waals surface area contributed by atoms with Crippen LogP contribution < -0.4 is 10.9 Å². The molecule has 0 atom stereocenters. The van der Waals surface area contributed by atoms with E-state index in [0.29, 0.717) is 21.7 Å². The number of carbonyl (C=O) groups is 1. The van der Waals surface area contributed by atoms with Crippen LogP contribution in [0.15, 0.2) is 40.4 Å². The van der Waals surface area contributed by atoms with Crippen molar-refractivity contribution in [1.82, 2.24) is 15.3 Å². The van der Waals surface area contributed by atoms with E-state index in [9.17, 15) is 9.59 Å². The number of rotatable bonds is 5. The number of hydrogen-bond donors (Lipinski definition) is 2. The molecule has 1 aromatic carbocycles. The lowest BCUT2D eigenvalue weighted by Crippen LogP contribution is -2.25. The number of hydrogen-bond acceptors (Lipinski definition) is 4. The molecule has 8 heteroatoms. The van der Waals surface area contributed by atoms with Gasteiger partial charge in [-0.2, -0.15) is 0 Å². The fraction of sp³-hybridized carbons (Fsp3) is 0.154. The number of halogens is 2. The van der Waals surface area contributed by atoms with Crippen molar-refractivity contribution in [2.45, 2.75) is 11.7 Å². The average Bonchev–Trinajstić information content (AvgIpc) is 2.44. The first kappa shape index (κ1) is 15.9. The zero-order valence-electron chi connectivity index (χ0n) is 10.7. The third-order valence-electron chi connectivity index (χ3n) is 2.48. The van der Waals surface area contributed by atoms with E-state index in [-0.39, 0.29) is 17.2 Å². The van der Waals surface area contributed by atoms with Crippen LogP contribution in [0.2, 0.25) is 10.0 Å². The Morgan fingerprint density at radius 2 is 2.14 bits per heavy atom. The summed E-state index contributed by atoms with van der Waals surface area (Å²) in [4.78, 5) is 29.3. The quantitative estimate of drug-likeness (QED) is 0.646. The fourth-order valence-electron chi connectivity index (χ4n) is 1.47. The molecule has 1 heterocycles. The van der Waals surface area contributed by atoms with Gasteiger partial charge in [-0.05, 0) is 17.7 Å². The van der Waals surface area contributed by atoms with Gasteiger partial charge >= 0.3 is 0 Å². The summed E-state index contributed by atoms with van der Waals surface area (Å²) in [6.45, 7) is 0.314. The second-order valence-corrected chi connectivity index (χ2v) is 5.85. The van der Waals surface area contributed by atoms with Gasteiger partial charge in [-0.25, -0.2) is 4.98 Å². The van der Waals surface area contributed by atoms with Crippen LogP contribution in [0.5, 0.6) is 0 Å². The molecular formula is C13H11Cl2N3O2S. The highest BCUT2D eigenvalue weighted by molar-refractivity contribution is 7.99. The molecule has 0 aliphatic carbocycles. The van der Waals surface area contributed by atoms with E-state index in [1.54, 1.807) is 18.2 Å². The van der Waals surface area contributed by atoms with Crippen LogP contribution in [0.3, 0.4) is 0 Å². The van der Waals surface area contributed by atoms with E-state index in [2.05, 4.69) is 15.3 Å². The number of aromatic nitrogens is 2. The second kappa shape index (κ2) is 7.49. The molecule has 21 heavy (non-hydrogen) atoms. The van der Waals surface area contributed by atoms with E-state index in [1.165, 1.54) is 12.3 Å². The summed E-state index contributed by atoms with van der Waals surface area (Å²) in [6.07, 6.45) is 1.40. The second-order valence-electron chi connectivity index (χ2n) is 4.04. The zero-order valence-corrected chi connectivity index (χ0v) is 13.1. The smallest absolute Gasteiger partial charge is 0.251 e. The average molecular weight is 344 g/mol. The number of H-pyrrole nitrogens is 1. The third-order valence-corrected chi connectivity index (χ3v) is 3.95. The topological polar surface area (TPSA) is 74.8 Å². The lowest BCUT2D eigenvalue weighted by Gasteiger charge is -2.07. The van der Waals surface area contributed by atoms with Crippen molar-refractivity contribution in [2.24, 2.45) is 0 Å². The van der Waals surface area contributed by atoms with E-state index >= 15 is 0 Å². The van der Waals surface area contributed by atoms with E-state index in [4.69, 9.17) is 23.2 Å². The van der Waals surface area contributed by atoms with Gasteiger partial charge in [-0.3, -0.25) is 9.59 Å². The number of aromatic amines is 1. The first-order valence-corrected chi connectivity index (χ1v) is 7.67. The Kier molecular flexibility index (Phi) is 5.67. The predicted molar refractivity (Wildman–Crippen MR) is 83.9 cm³/mol. The molecule has 0 bridgehead atoms. The molecule has 0 saturated heterocycles. The molecule has 0 unspecified atom stereocenters. The molecule has 1 aromatic heterocycles. The molecule has 0 spiro atoms. The monoisotopic (exact) mass is 343 g/mol. The summed E-state index contributed by atoms with van der Waals surface area (Å²) in [5.41, 5.74) is 0.534. The van der Waals surface area contributed by atoms with Gasteiger partial charge in [0.1, 0.15) is 0 Å². The van der Waals surface area contributed by atoms with Crippen molar-refractivity contribution < 1.29 is 4.79 Å². The maximum Gasteiger partial charge on any atom is 0.251 e. The van der Waals surface area contributed by atoms with Crippen molar-refractivity contribution in [3.8, 4) is 0 Å². The zero-order chi connectivity index (χ0) is 15.2. The van der Waals surface area contributed by atoms with Gasteiger partial charge in [0.15, 0.2) is 5.16 Å². The molecule has 110 valence electrons. The normalized spacial score (nSPS) is 10.4. The molecule has 0 aliphatic heterocycles. The van der Waals surface area contributed by atoms with Crippen molar-refractivity contribution >= 4 is 40.9 Å². The SMILES string of the molecule is O=C(CSc1nccc(=O)[nH]1)NCc1ccc(Cl)cc1Cl.